The monoisotopic (exact) mass is 190 g/mol. The van der Waals surface area contributed by atoms with Gasteiger partial charge in [0.25, 0.3) is 0 Å². The summed E-state index contributed by atoms with van der Waals surface area (Å²) in [6.45, 7) is 0. The van der Waals surface area contributed by atoms with Gasteiger partial charge in [-0.15, -0.1) is 0 Å². The van der Waals surface area contributed by atoms with E-state index >= 15 is 0 Å². The minimum Gasteiger partial charge on any atom is -0.481 e. The predicted molar refractivity (Wildman–Crippen MR) is 54.1 cm³/mol. The first-order valence-corrected chi connectivity index (χ1v) is 4.24. The van der Waals surface area contributed by atoms with Crippen LogP contribution in [0.2, 0.25) is 0 Å². The van der Waals surface area contributed by atoms with Gasteiger partial charge in [0, 0.05) is 22.8 Å². The number of rotatable bonds is 2. The maximum Gasteiger partial charge on any atom is 0.307 e. The molecule has 0 spiro atoms. The fourth-order valence-corrected chi connectivity index (χ4v) is 1.51. The number of fused-ring (bicyclic) bond motifs is 1. The zero-order valence-corrected chi connectivity index (χ0v) is 7.45. The molecule has 14 heavy (non-hydrogen) atoms. The molecule has 4 heteroatoms. The summed E-state index contributed by atoms with van der Waals surface area (Å²) < 4.78 is 0. The molecule has 4 nitrogen and oxygen atoms in total. The number of aliphatic carboxylic acids is 1. The van der Waals surface area contributed by atoms with Gasteiger partial charge in [-0.3, -0.25) is 4.79 Å². The Morgan fingerprint density at radius 2 is 2.29 bits per heavy atom. The van der Waals surface area contributed by atoms with Crippen molar-refractivity contribution in [2.24, 2.45) is 0 Å². The highest BCUT2D eigenvalue weighted by atomic mass is 16.4. The summed E-state index contributed by atoms with van der Waals surface area (Å²) in [5.74, 6) is -0.831. The van der Waals surface area contributed by atoms with Crippen molar-refractivity contribution in [2.75, 3.05) is 5.73 Å². The number of nitrogens with one attached hydrogen (secondary N) is 1. The molecule has 0 atom stereocenters. The number of H-pyrrole nitrogens is 1. The zero-order valence-electron chi connectivity index (χ0n) is 7.45. The summed E-state index contributed by atoms with van der Waals surface area (Å²) in [5.41, 5.74) is 7.93. The maximum atomic E-state index is 10.5. The molecule has 0 saturated heterocycles. The van der Waals surface area contributed by atoms with Crippen LogP contribution < -0.4 is 5.73 Å². The quantitative estimate of drug-likeness (QED) is 0.626. The van der Waals surface area contributed by atoms with Gasteiger partial charge < -0.3 is 15.8 Å². The lowest BCUT2D eigenvalue weighted by molar-refractivity contribution is -0.136. The predicted octanol–water partition coefficient (Wildman–Crippen LogP) is 1.38. The maximum absolute atomic E-state index is 10.5. The molecule has 0 amide bonds. The van der Waals surface area contributed by atoms with Crippen LogP contribution in [0.25, 0.3) is 10.9 Å². The van der Waals surface area contributed by atoms with E-state index in [0.717, 1.165) is 16.5 Å². The van der Waals surface area contributed by atoms with Crippen molar-refractivity contribution in [3.63, 3.8) is 0 Å². The number of aromatic amines is 1. The van der Waals surface area contributed by atoms with Crippen LogP contribution in [-0.4, -0.2) is 16.1 Å². The highest BCUT2D eigenvalue weighted by Gasteiger charge is 2.06. The van der Waals surface area contributed by atoms with E-state index < -0.39 is 5.97 Å². The number of aromatic nitrogens is 1. The average Bonchev–Trinajstić information content (AvgIpc) is 2.47. The van der Waals surface area contributed by atoms with Crippen molar-refractivity contribution < 1.29 is 9.90 Å². The summed E-state index contributed by atoms with van der Waals surface area (Å²) in [5, 5.41) is 9.58. The Kier molecular flexibility index (Phi) is 1.89. The molecule has 0 bridgehead atoms. The molecule has 0 saturated carbocycles. The fourth-order valence-electron chi connectivity index (χ4n) is 1.51. The lowest BCUT2D eigenvalue weighted by atomic mass is 10.1. The molecule has 4 N–H and O–H groups in total. The third-order valence-corrected chi connectivity index (χ3v) is 2.13. The van der Waals surface area contributed by atoms with Gasteiger partial charge in [-0.25, -0.2) is 0 Å². The first kappa shape index (κ1) is 8.62. The van der Waals surface area contributed by atoms with Crippen molar-refractivity contribution >= 4 is 22.6 Å². The van der Waals surface area contributed by atoms with Crippen LogP contribution in [0.15, 0.2) is 24.4 Å². The Hall–Kier alpha value is -1.97. The van der Waals surface area contributed by atoms with Gasteiger partial charge in [0.15, 0.2) is 0 Å². The smallest absolute Gasteiger partial charge is 0.307 e. The second-order valence-electron chi connectivity index (χ2n) is 3.19. The first-order valence-electron chi connectivity index (χ1n) is 4.24. The number of hydrogen-bond donors (Lipinski definition) is 3. The molecule has 0 radical (unpaired) electrons. The van der Waals surface area contributed by atoms with E-state index in [1.54, 1.807) is 18.3 Å². The molecule has 1 aromatic carbocycles. The molecule has 0 unspecified atom stereocenters. The number of hydrogen-bond acceptors (Lipinski definition) is 2. The van der Waals surface area contributed by atoms with Crippen molar-refractivity contribution in [1.29, 1.82) is 0 Å². The van der Waals surface area contributed by atoms with E-state index in [1.165, 1.54) is 0 Å². The molecule has 1 heterocycles. The Morgan fingerprint density at radius 1 is 1.50 bits per heavy atom. The van der Waals surface area contributed by atoms with Crippen molar-refractivity contribution in [2.45, 2.75) is 6.42 Å². The van der Waals surface area contributed by atoms with E-state index in [0.29, 0.717) is 5.69 Å². The van der Waals surface area contributed by atoms with Gasteiger partial charge in [-0.1, -0.05) is 6.07 Å². The van der Waals surface area contributed by atoms with Crippen molar-refractivity contribution in [3.8, 4) is 0 Å². The van der Waals surface area contributed by atoms with Gasteiger partial charge in [-0.05, 0) is 17.7 Å². The summed E-state index contributed by atoms with van der Waals surface area (Å²) >= 11 is 0. The molecule has 1 aromatic heterocycles. The fraction of sp³-hybridized carbons (Fsp3) is 0.100. The summed E-state index contributed by atoms with van der Waals surface area (Å²) in [7, 11) is 0. The van der Waals surface area contributed by atoms with Gasteiger partial charge in [0.2, 0.25) is 0 Å². The molecular formula is C10H10N2O2. The number of carbonyl (C=O) groups is 1. The van der Waals surface area contributed by atoms with E-state index in [2.05, 4.69) is 4.98 Å². The Bertz CT molecular complexity index is 488. The van der Waals surface area contributed by atoms with E-state index in [1.807, 2.05) is 6.07 Å². The summed E-state index contributed by atoms with van der Waals surface area (Å²) in [6.07, 6.45) is 1.74. The van der Waals surface area contributed by atoms with Crippen molar-refractivity contribution in [3.05, 3.63) is 30.0 Å². The van der Waals surface area contributed by atoms with Crippen LogP contribution in [0.3, 0.4) is 0 Å². The first-order chi connectivity index (χ1) is 6.66. The number of carboxylic acids is 1. The van der Waals surface area contributed by atoms with E-state index in [4.69, 9.17) is 10.8 Å². The number of nitrogens with two attached hydrogens (primary N) is 1. The van der Waals surface area contributed by atoms with Gasteiger partial charge in [-0.2, -0.15) is 0 Å². The van der Waals surface area contributed by atoms with Crippen LogP contribution in [-0.2, 0) is 11.2 Å². The molecule has 0 fully saturated rings. The normalized spacial score (nSPS) is 10.6. The van der Waals surface area contributed by atoms with Crippen LogP contribution in [0.4, 0.5) is 5.69 Å². The molecule has 72 valence electrons. The minimum atomic E-state index is -0.831. The largest absolute Gasteiger partial charge is 0.481 e. The molecule has 0 aliphatic rings. The van der Waals surface area contributed by atoms with Gasteiger partial charge in [0.05, 0.1) is 6.42 Å². The minimum absolute atomic E-state index is 0.0317. The lowest BCUT2D eigenvalue weighted by Crippen LogP contribution is -1.98. The van der Waals surface area contributed by atoms with Crippen LogP contribution in [0.5, 0.6) is 0 Å². The number of nitrogen functional groups attached to an aromatic ring is 1. The number of anilines is 1. The second-order valence-corrected chi connectivity index (χ2v) is 3.19. The van der Waals surface area contributed by atoms with Gasteiger partial charge in [0.1, 0.15) is 0 Å². The average molecular weight is 190 g/mol. The second kappa shape index (κ2) is 3.06. The van der Waals surface area contributed by atoms with E-state index in [-0.39, 0.29) is 6.42 Å². The highest BCUT2D eigenvalue weighted by molar-refractivity contribution is 5.88. The molecule has 2 aromatic rings. The van der Waals surface area contributed by atoms with Gasteiger partial charge >= 0.3 is 5.97 Å². The molecule has 2 rings (SSSR count). The molecule has 0 aliphatic heterocycles. The third kappa shape index (κ3) is 1.42. The van der Waals surface area contributed by atoms with E-state index in [9.17, 15) is 4.79 Å². The Morgan fingerprint density at radius 3 is 3.00 bits per heavy atom. The molecule has 0 aliphatic carbocycles. The summed E-state index contributed by atoms with van der Waals surface area (Å²) in [6, 6.07) is 5.39. The third-order valence-electron chi connectivity index (χ3n) is 2.13. The topological polar surface area (TPSA) is 79.1 Å². The standard InChI is InChI=1S/C10H10N2O2/c11-7-1-2-8-6(3-10(13)14)5-12-9(8)4-7/h1-2,4-5,12H,3,11H2,(H,13,14). The van der Waals surface area contributed by atoms with Crippen LogP contribution in [0.1, 0.15) is 5.56 Å². The zero-order chi connectivity index (χ0) is 10.1. The highest BCUT2D eigenvalue weighted by Crippen LogP contribution is 2.20. The van der Waals surface area contributed by atoms with Crippen molar-refractivity contribution in [1.82, 2.24) is 4.98 Å². The Labute approximate surface area is 80.3 Å². The molecular weight excluding hydrogens is 180 g/mol. The lowest BCUT2D eigenvalue weighted by Gasteiger charge is -1.95. The Balaban J connectivity index is 2.52. The van der Waals surface area contributed by atoms with Crippen LogP contribution >= 0.6 is 0 Å². The summed E-state index contributed by atoms with van der Waals surface area (Å²) in [4.78, 5) is 13.5. The SMILES string of the molecule is Nc1ccc2c(CC(=O)O)c[nH]c2c1. The number of benzene rings is 1. The number of carboxylic acid groups (broad SMARTS) is 1. The van der Waals surface area contributed by atoms with Crippen LogP contribution in [0, 0.1) is 0 Å².